The van der Waals surface area contributed by atoms with E-state index >= 15 is 0 Å². The molecule has 0 unspecified atom stereocenters. The summed E-state index contributed by atoms with van der Waals surface area (Å²) in [6.45, 7) is 0.312. The highest BCUT2D eigenvalue weighted by Gasteiger charge is 2.09. The van der Waals surface area contributed by atoms with Crippen LogP contribution in [0.4, 0.5) is 0 Å². The highest BCUT2D eigenvalue weighted by atomic mass is 79.9. The summed E-state index contributed by atoms with van der Waals surface area (Å²) in [4.78, 5) is 11.4. The number of esters is 1. The predicted molar refractivity (Wildman–Crippen MR) is 85.4 cm³/mol. The molecule has 0 heterocycles. The second-order valence-corrected chi connectivity index (χ2v) is 5.52. The van der Waals surface area contributed by atoms with Crippen LogP contribution in [0.15, 0.2) is 46.9 Å². The normalized spacial score (nSPS) is 9.86. The van der Waals surface area contributed by atoms with Crippen molar-refractivity contribution < 1.29 is 14.3 Å². The van der Waals surface area contributed by atoms with Gasteiger partial charge in [-0.1, -0.05) is 34.1 Å². The number of para-hydroxylation sites is 1. The second-order valence-electron chi connectivity index (χ2n) is 4.61. The Morgan fingerprint density at radius 2 is 2.05 bits per heavy atom. The average molecular weight is 360 g/mol. The van der Waals surface area contributed by atoms with Crippen molar-refractivity contribution in [3.63, 3.8) is 0 Å². The molecule has 0 radical (unpaired) electrons. The molecule has 0 aliphatic rings. The fourth-order valence-corrected chi connectivity index (χ4v) is 2.52. The third-order valence-electron chi connectivity index (χ3n) is 3.02. The van der Waals surface area contributed by atoms with E-state index in [1.165, 1.54) is 7.11 Å². The number of methoxy groups -OCH3 is 1. The van der Waals surface area contributed by atoms with Crippen LogP contribution in [0.2, 0.25) is 0 Å². The molecular formula is C17H14BrNO3. The molecule has 112 valence electrons. The van der Waals surface area contributed by atoms with Crippen molar-refractivity contribution in [3.05, 3.63) is 63.6 Å². The molecule has 0 amide bonds. The molecular weight excluding hydrogens is 346 g/mol. The molecule has 4 nitrogen and oxygen atoms in total. The van der Waals surface area contributed by atoms with Gasteiger partial charge in [0.15, 0.2) is 0 Å². The Balaban J connectivity index is 2.13. The molecule has 2 aromatic rings. The van der Waals surface area contributed by atoms with Crippen LogP contribution in [0, 0.1) is 11.3 Å². The Morgan fingerprint density at radius 3 is 2.77 bits per heavy atom. The van der Waals surface area contributed by atoms with Gasteiger partial charge >= 0.3 is 5.97 Å². The first-order chi connectivity index (χ1) is 10.6. The SMILES string of the molecule is COC(=O)Cc1ccccc1OCc1cc(Br)cc(C#N)c1. The van der Waals surface area contributed by atoms with Crippen LogP contribution in [0.1, 0.15) is 16.7 Å². The fraction of sp³-hybridized carbons (Fsp3) is 0.176. The summed E-state index contributed by atoms with van der Waals surface area (Å²) >= 11 is 3.37. The number of ether oxygens (including phenoxy) is 2. The van der Waals surface area contributed by atoms with Crippen molar-refractivity contribution in [1.82, 2.24) is 0 Å². The maximum absolute atomic E-state index is 11.4. The Hall–Kier alpha value is -2.32. The van der Waals surface area contributed by atoms with Crippen molar-refractivity contribution in [2.45, 2.75) is 13.0 Å². The van der Waals surface area contributed by atoms with E-state index < -0.39 is 0 Å². The van der Waals surface area contributed by atoms with Crippen molar-refractivity contribution in [2.24, 2.45) is 0 Å². The Bertz CT molecular complexity index is 722. The number of benzene rings is 2. The molecule has 0 aromatic heterocycles. The molecule has 0 saturated heterocycles. The topological polar surface area (TPSA) is 59.3 Å². The van der Waals surface area contributed by atoms with E-state index in [1.807, 2.05) is 30.3 Å². The van der Waals surface area contributed by atoms with Gasteiger partial charge in [0.2, 0.25) is 0 Å². The van der Waals surface area contributed by atoms with Crippen LogP contribution >= 0.6 is 15.9 Å². The van der Waals surface area contributed by atoms with E-state index in [4.69, 9.17) is 10.00 Å². The average Bonchev–Trinajstić information content (AvgIpc) is 2.53. The lowest BCUT2D eigenvalue weighted by atomic mass is 10.1. The largest absolute Gasteiger partial charge is 0.489 e. The number of hydrogen-bond donors (Lipinski definition) is 0. The molecule has 0 aliphatic carbocycles. The van der Waals surface area contributed by atoms with Crippen LogP contribution in [0.3, 0.4) is 0 Å². The van der Waals surface area contributed by atoms with Crippen molar-refractivity contribution >= 4 is 21.9 Å². The van der Waals surface area contributed by atoms with Gasteiger partial charge in [-0.25, -0.2) is 0 Å². The summed E-state index contributed by atoms with van der Waals surface area (Å²) in [6, 6.07) is 14.8. The molecule has 2 rings (SSSR count). The minimum absolute atomic E-state index is 0.161. The number of carbonyl (C=O) groups excluding carboxylic acids is 1. The molecule has 2 aromatic carbocycles. The zero-order valence-corrected chi connectivity index (χ0v) is 13.6. The van der Waals surface area contributed by atoms with Crippen LogP contribution < -0.4 is 4.74 Å². The maximum atomic E-state index is 11.4. The van der Waals surface area contributed by atoms with Gasteiger partial charge < -0.3 is 9.47 Å². The van der Waals surface area contributed by atoms with Gasteiger partial charge in [-0.3, -0.25) is 4.79 Å². The summed E-state index contributed by atoms with van der Waals surface area (Å²) in [6.07, 6.45) is 0.161. The first-order valence-corrected chi connectivity index (χ1v) is 7.38. The minimum Gasteiger partial charge on any atom is -0.489 e. The summed E-state index contributed by atoms with van der Waals surface area (Å²) in [7, 11) is 1.36. The number of hydrogen-bond acceptors (Lipinski definition) is 4. The molecule has 0 N–H and O–H groups in total. The number of rotatable bonds is 5. The minimum atomic E-state index is -0.315. The Kier molecular flexibility index (Phi) is 5.56. The van der Waals surface area contributed by atoms with E-state index in [9.17, 15) is 4.79 Å². The molecule has 22 heavy (non-hydrogen) atoms. The number of nitrogens with zero attached hydrogens (tertiary/aromatic N) is 1. The zero-order valence-electron chi connectivity index (χ0n) is 12.0. The second kappa shape index (κ2) is 7.62. The van der Waals surface area contributed by atoms with Crippen LogP contribution in [-0.4, -0.2) is 13.1 Å². The van der Waals surface area contributed by atoms with E-state index in [0.29, 0.717) is 17.9 Å². The smallest absolute Gasteiger partial charge is 0.310 e. The van der Waals surface area contributed by atoms with E-state index in [2.05, 4.69) is 26.7 Å². The Morgan fingerprint density at radius 1 is 1.27 bits per heavy atom. The lowest BCUT2D eigenvalue weighted by Crippen LogP contribution is -2.06. The molecule has 0 bridgehead atoms. The first-order valence-electron chi connectivity index (χ1n) is 6.59. The van der Waals surface area contributed by atoms with Crippen molar-refractivity contribution in [3.8, 4) is 11.8 Å². The fourth-order valence-electron chi connectivity index (χ4n) is 1.98. The lowest BCUT2D eigenvalue weighted by Gasteiger charge is -2.11. The first kappa shape index (κ1) is 16.1. The molecule has 0 spiro atoms. The molecule has 0 aliphatic heterocycles. The van der Waals surface area contributed by atoms with Crippen LogP contribution in [-0.2, 0) is 22.6 Å². The molecule has 0 saturated carbocycles. The van der Waals surface area contributed by atoms with Gasteiger partial charge in [-0.05, 0) is 29.8 Å². The molecule has 0 atom stereocenters. The zero-order chi connectivity index (χ0) is 15.9. The van der Waals surface area contributed by atoms with Crippen molar-refractivity contribution in [2.75, 3.05) is 7.11 Å². The third kappa shape index (κ3) is 4.34. The maximum Gasteiger partial charge on any atom is 0.310 e. The predicted octanol–water partition coefficient (Wildman–Crippen LogP) is 3.62. The molecule has 0 fully saturated rings. The Labute approximate surface area is 137 Å². The van der Waals surface area contributed by atoms with E-state index in [1.54, 1.807) is 12.1 Å². The van der Waals surface area contributed by atoms with Crippen LogP contribution in [0.5, 0.6) is 5.75 Å². The monoisotopic (exact) mass is 359 g/mol. The van der Waals surface area contributed by atoms with Gasteiger partial charge in [0, 0.05) is 10.0 Å². The highest BCUT2D eigenvalue weighted by Crippen LogP contribution is 2.22. The summed E-state index contributed by atoms with van der Waals surface area (Å²) in [5.41, 5.74) is 2.21. The van der Waals surface area contributed by atoms with E-state index in [-0.39, 0.29) is 12.4 Å². The summed E-state index contributed by atoms with van der Waals surface area (Å²) < 4.78 is 11.3. The number of nitriles is 1. The van der Waals surface area contributed by atoms with Gasteiger partial charge in [0.1, 0.15) is 12.4 Å². The number of carbonyl (C=O) groups is 1. The van der Waals surface area contributed by atoms with Gasteiger partial charge in [0.05, 0.1) is 25.2 Å². The highest BCUT2D eigenvalue weighted by molar-refractivity contribution is 9.10. The van der Waals surface area contributed by atoms with E-state index in [0.717, 1.165) is 15.6 Å². The lowest BCUT2D eigenvalue weighted by molar-refractivity contribution is -0.139. The number of halogens is 1. The van der Waals surface area contributed by atoms with Gasteiger partial charge in [-0.2, -0.15) is 5.26 Å². The van der Waals surface area contributed by atoms with Crippen molar-refractivity contribution in [1.29, 1.82) is 5.26 Å². The quantitative estimate of drug-likeness (QED) is 0.765. The van der Waals surface area contributed by atoms with Gasteiger partial charge in [0.25, 0.3) is 0 Å². The summed E-state index contributed by atoms with van der Waals surface area (Å²) in [5, 5.41) is 8.98. The van der Waals surface area contributed by atoms with Crippen LogP contribution in [0.25, 0.3) is 0 Å². The standard InChI is InChI=1S/C17H14BrNO3/c1-21-17(20)9-14-4-2-3-5-16(14)22-11-13-6-12(10-19)7-15(18)8-13/h2-8H,9,11H2,1H3. The third-order valence-corrected chi connectivity index (χ3v) is 3.47. The van der Waals surface area contributed by atoms with Gasteiger partial charge in [-0.15, -0.1) is 0 Å². The summed E-state index contributed by atoms with van der Waals surface area (Å²) in [5.74, 6) is 0.316. The molecule has 5 heteroatoms.